The molecule has 0 amide bonds. The lowest BCUT2D eigenvalue weighted by Crippen LogP contribution is -2.44. The molecule has 0 radical (unpaired) electrons. The Morgan fingerprint density at radius 2 is 1.91 bits per heavy atom. The molecule has 1 aliphatic heterocycles. The predicted molar refractivity (Wildman–Crippen MR) is 92.1 cm³/mol. The average Bonchev–Trinajstić information content (AvgIpc) is 2.90. The zero-order valence-electron chi connectivity index (χ0n) is 13.6. The van der Waals surface area contributed by atoms with Crippen LogP contribution in [0.3, 0.4) is 0 Å². The van der Waals surface area contributed by atoms with Gasteiger partial charge in [0.25, 0.3) is 0 Å². The molecule has 1 saturated heterocycles. The first kappa shape index (κ1) is 16.3. The average molecular weight is 333 g/mol. The molecule has 124 valence electrons. The van der Waals surface area contributed by atoms with Crippen molar-refractivity contribution in [2.75, 3.05) is 40.3 Å². The standard InChI is InChI=1S/C16H23N5OS/c1-19-6-8-20(9-7-19)12-15-17-18-16(23)21(15)11-13-4-3-5-14(10-13)22-2/h3-5,10H,6-9,11-12H2,1-2H3,(H,18,23). The number of benzene rings is 1. The highest BCUT2D eigenvalue weighted by Crippen LogP contribution is 2.17. The number of thiol groups is 1. The molecule has 1 aromatic heterocycles. The number of ether oxygens (including phenoxy) is 1. The maximum atomic E-state index is 5.29. The van der Waals surface area contributed by atoms with Crippen LogP contribution < -0.4 is 4.74 Å². The summed E-state index contributed by atoms with van der Waals surface area (Å²) in [4.78, 5) is 4.76. The first-order valence-corrected chi connectivity index (χ1v) is 8.25. The smallest absolute Gasteiger partial charge is 0.188 e. The normalized spacial score (nSPS) is 16.7. The van der Waals surface area contributed by atoms with Gasteiger partial charge in [0.1, 0.15) is 11.6 Å². The highest BCUT2D eigenvalue weighted by atomic mass is 32.1. The summed E-state index contributed by atoms with van der Waals surface area (Å²) < 4.78 is 7.36. The highest BCUT2D eigenvalue weighted by molar-refractivity contribution is 7.80. The van der Waals surface area contributed by atoms with Crippen molar-refractivity contribution in [1.29, 1.82) is 0 Å². The summed E-state index contributed by atoms with van der Waals surface area (Å²) >= 11 is 4.46. The van der Waals surface area contributed by atoms with Crippen molar-refractivity contribution in [2.45, 2.75) is 18.2 Å². The van der Waals surface area contributed by atoms with Crippen molar-refractivity contribution in [3.05, 3.63) is 35.7 Å². The van der Waals surface area contributed by atoms with Crippen LogP contribution in [0.1, 0.15) is 11.4 Å². The van der Waals surface area contributed by atoms with E-state index in [-0.39, 0.29) is 0 Å². The molecule has 2 heterocycles. The van der Waals surface area contributed by atoms with Crippen molar-refractivity contribution in [3.63, 3.8) is 0 Å². The quantitative estimate of drug-likeness (QED) is 0.838. The van der Waals surface area contributed by atoms with Crippen molar-refractivity contribution in [1.82, 2.24) is 24.6 Å². The molecule has 0 saturated carbocycles. The number of hydrogen-bond donors (Lipinski definition) is 1. The Bertz CT molecular complexity index is 652. The van der Waals surface area contributed by atoms with E-state index in [4.69, 9.17) is 4.74 Å². The van der Waals surface area contributed by atoms with Gasteiger partial charge in [-0.3, -0.25) is 4.90 Å². The fourth-order valence-corrected chi connectivity index (χ4v) is 3.00. The van der Waals surface area contributed by atoms with Gasteiger partial charge in [0.15, 0.2) is 5.16 Å². The fraction of sp³-hybridized carbons (Fsp3) is 0.500. The maximum absolute atomic E-state index is 5.29. The third kappa shape index (κ3) is 4.04. The molecule has 0 unspecified atom stereocenters. The third-order valence-corrected chi connectivity index (χ3v) is 4.57. The van der Waals surface area contributed by atoms with Crippen molar-refractivity contribution >= 4 is 12.6 Å². The molecule has 0 bridgehead atoms. The van der Waals surface area contributed by atoms with Crippen LogP contribution in [-0.4, -0.2) is 64.9 Å². The summed E-state index contributed by atoms with van der Waals surface area (Å²) in [6.45, 7) is 5.82. The SMILES string of the molecule is COc1cccc(Cn2c(S)nnc2CN2CCN(C)CC2)c1. The second kappa shape index (κ2) is 7.33. The molecule has 0 N–H and O–H groups in total. The van der Waals surface area contributed by atoms with E-state index in [9.17, 15) is 0 Å². The molecule has 1 aromatic carbocycles. The topological polar surface area (TPSA) is 46.4 Å². The van der Waals surface area contributed by atoms with Crippen LogP contribution in [0.15, 0.2) is 29.4 Å². The van der Waals surface area contributed by atoms with E-state index < -0.39 is 0 Å². The van der Waals surface area contributed by atoms with Gasteiger partial charge in [-0.15, -0.1) is 22.8 Å². The Hall–Kier alpha value is -1.57. The van der Waals surface area contributed by atoms with E-state index in [2.05, 4.69) is 50.3 Å². The molecule has 7 heteroatoms. The number of piperazine rings is 1. The molecule has 0 spiro atoms. The number of methoxy groups -OCH3 is 1. The Morgan fingerprint density at radius 3 is 2.65 bits per heavy atom. The third-order valence-electron chi connectivity index (χ3n) is 4.24. The van der Waals surface area contributed by atoms with Crippen LogP contribution in [0.2, 0.25) is 0 Å². The largest absolute Gasteiger partial charge is 0.497 e. The summed E-state index contributed by atoms with van der Waals surface area (Å²) in [6.07, 6.45) is 0. The molecular formula is C16H23N5OS. The van der Waals surface area contributed by atoms with Gasteiger partial charge in [0.2, 0.25) is 0 Å². The summed E-state index contributed by atoms with van der Waals surface area (Å²) in [5, 5.41) is 9.11. The van der Waals surface area contributed by atoms with Crippen LogP contribution in [0.4, 0.5) is 0 Å². The molecule has 2 aromatic rings. The van der Waals surface area contributed by atoms with Crippen LogP contribution >= 0.6 is 12.6 Å². The summed E-state index contributed by atoms with van der Waals surface area (Å²) in [6, 6.07) is 8.06. The summed E-state index contributed by atoms with van der Waals surface area (Å²) in [7, 11) is 3.84. The Kier molecular flexibility index (Phi) is 5.20. The van der Waals surface area contributed by atoms with E-state index in [1.807, 2.05) is 18.2 Å². The van der Waals surface area contributed by atoms with Crippen molar-refractivity contribution < 1.29 is 4.74 Å². The first-order valence-electron chi connectivity index (χ1n) is 7.80. The molecule has 0 aliphatic carbocycles. The Balaban J connectivity index is 1.73. The minimum absolute atomic E-state index is 0.650. The number of nitrogens with zero attached hydrogens (tertiary/aromatic N) is 5. The number of rotatable bonds is 5. The highest BCUT2D eigenvalue weighted by Gasteiger charge is 2.18. The van der Waals surface area contributed by atoms with Crippen molar-refractivity contribution in [3.8, 4) is 5.75 Å². The van der Waals surface area contributed by atoms with Gasteiger partial charge in [-0.2, -0.15) is 0 Å². The second-order valence-corrected chi connectivity index (χ2v) is 6.33. The van der Waals surface area contributed by atoms with Gasteiger partial charge in [-0.25, -0.2) is 0 Å². The first-order chi connectivity index (χ1) is 11.2. The van der Waals surface area contributed by atoms with E-state index in [0.29, 0.717) is 11.7 Å². The van der Waals surface area contributed by atoms with Gasteiger partial charge in [0.05, 0.1) is 20.2 Å². The van der Waals surface area contributed by atoms with E-state index in [1.165, 1.54) is 0 Å². The van der Waals surface area contributed by atoms with Gasteiger partial charge in [0, 0.05) is 26.2 Å². The van der Waals surface area contributed by atoms with Crippen molar-refractivity contribution in [2.24, 2.45) is 0 Å². The lowest BCUT2D eigenvalue weighted by molar-refractivity contribution is 0.144. The number of aromatic nitrogens is 3. The molecule has 6 nitrogen and oxygen atoms in total. The monoisotopic (exact) mass is 333 g/mol. The predicted octanol–water partition coefficient (Wildman–Crippen LogP) is 1.37. The Morgan fingerprint density at radius 1 is 1.13 bits per heavy atom. The Labute approximate surface area is 142 Å². The zero-order chi connectivity index (χ0) is 16.2. The zero-order valence-corrected chi connectivity index (χ0v) is 14.5. The van der Waals surface area contributed by atoms with Gasteiger partial charge >= 0.3 is 0 Å². The number of likely N-dealkylation sites (N-methyl/N-ethyl adjacent to an activating group) is 1. The molecule has 23 heavy (non-hydrogen) atoms. The molecule has 0 atom stereocenters. The van der Waals surface area contributed by atoms with E-state index in [1.54, 1.807) is 7.11 Å². The van der Waals surface area contributed by atoms with Crippen LogP contribution in [-0.2, 0) is 13.1 Å². The molecule has 3 rings (SSSR count). The lowest BCUT2D eigenvalue weighted by atomic mass is 10.2. The van der Waals surface area contributed by atoms with Crippen LogP contribution in [0.25, 0.3) is 0 Å². The minimum Gasteiger partial charge on any atom is -0.497 e. The van der Waals surface area contributed by atoms with Crippen LogP contribution in [0, 0.1) is 0 Å². The minimum atomic E-state index is 0.650. The van der Waals surface area contributed by atoms with Gasteiger partial charge in [-0.1, -0.05) is 12.1 Å². The molecule has 1 fully saturated rings. The number of hydrogen-bond acceptors (Lipinski definition) is 6. The fourth-order valence-electron chi connectivity index (χ4n) is 2.76. The van der Waals surface area contributed by atoms with E-state index >= 15 is 0 Å². The van der Waals surface area contributed by atoms with E-state index in [0.717, 1.165) is 49.9 Å². The van der Waals surface area contributed by atoms with Gasteiger partial charge < -0.3 is 14.2 Å². The molecule has 1 aliphatic rings. The van der Waals surface area contributed by atoms with Crippen LogP contribution in [0.5, 0.6) is 5.75 Å². The van der Waals surface area contributed by atoms with Gasteiger partial charge in [-0.05, 0) is 24.7 Å². The second-order valence-electron chi connectivity index (χ2n) is 5.93. The summed E-state index contributed by atoms with van der Waals surface area (Å²) in [5.41, 5.74) is 1.15. The maximum Gasteiger partial charge on any atom is 0.188 e. The lowest BCUT2D eigenvalue weighted by Gasteiger charge is -2.31. The summed E-state index contributed by atoms with van der Waals surface area (Å²) in [5.74, 6) is 1.82. The molecular weight excluding hydrogens is 310 g/mol.